The van der Waals surface area contributed by atoms with Gasteiger partial charge in [0.15, 0.2) is 0 Å². The van der Waals surface area contributed by atoms with Crippen molar-refractivity contribution in [3.05, 3.63) is 70.5 Å². The molecule has 3 aliphatic rings. The highest BCUT2D eigenvalue weighted by atomic mass is 19.1. The van der Waals surface area contributed by atoms with Gasteiger partial charge < -0.3 is 15.5 Å². The summed E-state index contributed by atoms with van der Waals surface area (Å²) in [5, 5.41) is 6.46. The van der Waals surface area contributed by atoms with Crippen molar-refractivity contribution in [1.82, 2.24) is 15.5 Å². The Kier molecular flexibility index (Phi) is 5.26. The van der Waals surface area contributed by atoms with Gasteiger partial charge in [0.1, 0.15) is 5.82 Å². The standard InChI is InChI=1S/C25H28FN3O2/c1-15(16-6-3-2-4-7-16)28-24(30)23-19(26)10-9-17-11-13-29-21(22(17)23)14-20-18(25(29)31)8-5-12-27-20/h2-4,6-7,9-10,15,18,20-21,27H,5,8,11-14H2,1H3,(H,28,30)/t15-,18-,20-,21+/m1/s1. The lowest BCUT2D eigenvalue weighted by Crippen LogP contribution is -2.58. The van der Waals surface area contributed by atoms with E-state index in [4.69, 9.17) is 0 Å². The largest absolute Gasteiger partial charge is 0.345 e. The van der Waals surface area contributed by atoms with Crippen molar-refractivity contribution in [1.29, 1.82) is 0 Å². The van der Waals surface area contributed by atoms with Gasteiger partial charge in [-0.3, -0.25) is 9.59 Å². The van der Waals surface area contributed by atoms with E-state index in [1.165, 1.54) is 6.07 Å². The van der Waals surface area contributed by atoms with Gasteiger partial charge in [-0.2, -0.15) is 0 Å². The second-order valence-electron chi connectivity index (χ2n) is 8.94. The van der Waals surface area contributed by atoms with Gasteiger partial charge in [-0.1, -0.05) is 36.4 Å². The summed E-state index contributed by atoms with van der Waals surface area (Å²) >= 11 is 0. The van der Waals surface area contributed by atoms with Gasteiger partial charge in [-0.15, -0.1) is 0 Å². The van der Waals surface area contributed by atoms with Crippen LogP contribution in [0.2, 0.25) is 0 Å². The highest BCUT2D eigenvalue weighted by Crippen LogP contribution is 2.43. The van der Waals surface area contributed by atoms with Crippen molar-refractivity contribution in [2.75, 3.05) is 13.1 Å². The van der Waals surface area contributed by atoms with E-state index in [0.717, 1.165) is 36.9 Å². The Hall–Kier alpha value is -2.73. The molecule has 2 fully saturated rings. The molecule has 0 aromatic heterocycles. The molecule has 5 nitrogen and oxygen atoms in total. The number of fused-ring (bicyclic) bond motifs is 4. The molecule has 0 aliphatic carbocycles. The molecule has 3 heterocycles. The maximum atomic E-state index is 15.1. The number of carbonyl (C=O) groups excluding carboxylic acids is 2. The van der Waals surface area contributed by atoms with E-state index in [2.05, 4.69) is 10.6 Å². The van der Waals surface area contributed by atoms with Gasteiger partial charge in [0.05, 0.1) is 23.6 Å². The molecule has 4 atom stereocenters. The van der Waals surface area contributed by atoms with Crippen molar-refractivity contribution >= 4 is 11.8 Å². The molecule has 0 bridgehead atoms. The summed E-state index contributed by atoms with van der Waals surface area (Å²) in [4.78, 5) is 28.4. The van der Waals surface area contributed by atoms with Gasteiger partial charge in [0.25, 0.3) is 5.91 Å². The molecule has 0 unspecified atom stereocenters. The van der Waals surface area contributed by atoms with Crippen molar-refractivity contribution in [3.8, 4) is 0 Å². The summed E-state index contributed by atoms with van der Waals surface area (Å²) in [6, 6.07) is 12.4. The average molecular weight is 422 g/mol. The van der Waals surface area contributed by atoms with Crippen LogP contribution in [-0.4, -0.2) is 35.8 Å². The van der Waals surface area contributed by atoms with Crippen molar-refractivity contribution in [2.24, 2.45) is 5.92 Å². The topological polar surface area (TPSA) is 61.4 Å². The fourth-order valence-electron chi connectivity index (χ4n) is 5.57. The number of carbonyl (C=O) groups is 2. The molecule has 0 radical (unpaired) electrons. The first-order valence-corrected chi connectivity index (χ1v) is 11.3. The Bertz CT molecular complexity index is 1010. The predicted molar refractivity (Wildman–Crippen MR) is 116 cm³/mol. The van der Waals surface area contributed by atoms with E-state index in [-0.39, 0.29) is 35.5 Å². The first-order valence-electron chi connectivity index (χ1n) is 11.3. The van der Waals surface area contributed by atoms with Crippen molar-refractivity contribution in [2.45, 2.75) is 50.7 Å². The van der Waals surface area contributed by atoms with Gasteiger partial charge >= 0.3 is 0 Å². The fourth-order valence-corrected chi connectivity index (χ4v) is 5.57. The predicted octanol–water partition coefficient (Wildman–Crippen LogP) is 3.51. The number of piperidine rings is 2. The lowest BCUT2D eigenvalue weighted by atomic mass is 9.75. The first kappa shape index (κ1) is 20.2. The normalized spacial score (nSPS) is 25.8. The Morgan fingerprint density at radius 3 is 2.84 bits per heavy atom. The summed E-state index contributed by atoms with van der Waals surface area (Å²) < 4.78 is 15.1. The van der Waals surface area contributed by atoms with Gasteiger partial charge in [-0.05, 0) is 61.9 Å². The zero-order valence-corrected chi connectivity index (χ0v) is 17.7. The van der Waals surface area contributed by atoms with Crippen LogP contribution >= 0.6 is 0 Å². The van der Waals surface area contributed by atoms with E-state index in [1.807, 2.05) is 42.2 Å². The summed E-state index contributed by atoms with van der Waals surface area (Å²) in [5.74, 6) is -0.800. The van der Waals surface area contributed by atoms with E-state index < -0.39 is 11.7 Å². The molecular formula is C25H28FN3O2. The second kappa shape index (κ2) is 8.08. The third kappa shape index (κ3) is 3.53. The van der Waals surface area contributed by atoms with E-state index in [1.54, 1.807) is 6.07 Å². The van der Waals surface area contributed by atoms with Crippen LogP contribution in [0.5, 0.6) is 0 Å². The molecule has 2 aromatic rings. The number of hydrogen-bond donors (Lipinski definition) is 2. The quantitative estimate of drug-likeness (QED) is 0.797. The minimum absolute atomic E-state index is 0.00418. The number of amides is 2. The summed E-state index contributed by atoms with van der Waals surface area (Å²) in [5.41, 5.74) is 2.73. The third-order valence-electron chi connectivity index (χ3n) is 7.15. The Labute approximate surface area is 182 Å². The number of nitrogens with zero attached hydrogens (tertiary/aromatic N) is 1. The van der Waals surface area contributed by atoms with Crippen LogP contribution < -0.4 is 10.6 Å². The molecule has 31 heavy (non-hydrogen) atoms. The van der Waals surface area contributed by atoms with Crippen molar-refractivity contribution < 1.29 is 14.0 Å². The first-order chi connectivity index (χ1) is 15.0. The summed E-state index contributed by atoms with van der Waals surface area (Å²) in [6.45, 7) is 3.43. The number of rotatable bonds is 3. The van der Waals surface area contributed by atoms with Gasteiger partial charge in [0.2, 0.25) is 5.91 Å². The third-order valence-corrected chi connectivity index (χ3v) is 7.15. The minimum Gasteiger partial charge on any atom is -0.345 e. The van der Waals surface area contributed by atoms with Crippen LogP contribution in [0, 0.1) is 11.7 Å². The molecule has 0 spiro atoms. The van der Waals surface area contributed by atoms with Gasteiger partial charge in [-0.25, -0.2) is 4.39 Å². The summed E-state index contributed by atoms with van der Waals surface area (Å²) in [6.07, 6.45) is 3.28. The summed E-state index contributed by atoms with van der Waals surface area (Å²) in [7, 11) is 0. The van der Waals surface area contributed by atoms with E-state index in [9.17, 15) is 9.59 Å². The van der Waals surface area contributed by atoms with Crippen LogP contribution in [0.25, 0.3) is 0 Å². The number of nitrogens with one attached hydrogen (secondary N) is 2. The zero-order valence-electron chi connectivity index (χ0n) is 17.7. The van der Waals surface area contributed by atoms with Crippen LogP contribution in [0.3, 0.4) is 0 Å². The van der Waals surface area contributed by atoms with Crippen LogP contribution in [0.1, 0.15) is 65.3 Å². The molecule has 162 valence electrons. The molecular weight excluding hydrogens is 393 g/mol. The average Bonchev–Trinajstić information content (AvgIpc) is 2.79. The van der Waals surface area contributed by atoms with Crippen molar-refractivity contribution in [3.63, 3.8) is 0 Å². The fraction of sp³-hybridized carbons (Fsp3) is 0.440. The lowest BCUT2D eigenvalue weighted by Gasteiger charge is -2.48. The van der Waals surface area contributed by atoms with E-state index in [0.29, 0.717) is 18.5 Å². The van der Waals surface area contributed by atoms with Gasteiger partial charge in [0, 0.05) is 12.6 Å². The zero-order chi connectivity index (χ0) is 21.5. The number of hydrogen-bond acceptors (Lipinski definition) is 3. The van der Waals surface area contributed by atoms with E-state index >= 15 is 4.39 Å². The van der Waals surface area contributed by atoms with Crippen LogP contribution in [0.15, 0.2) is 42.5 Å². The smallest absolute Gasteiger partial charge is 0.255 e. The van der Waals surface area contributed by atoms with Crippen LogP contribution in [-0.2, 0) is 11.2 Å². The highest BCUT2D eigenvalue weighted by Gasteiger charge is 2.46. The minimum atomic E-state index is -0.524. The Morgan fingerprint density at radius 2 is 2.03 bits per heavy atom. The Morgan fingerprint density at radius 1 is 1.23 bits per heavy atom. The monoisotopic (exact) mass is 421 g/mol. The maximum Gasteiger partial charge on any atom is 0.255 e. The highest BCUT2D eigenvalue weighted by molar-refractivity contribution is 5.97. The van der Waals surface area contributed by atoms with Crippen LogP contribution in [0.4, 0.5) is 4.39 Å². The molecule has 6 heteroatoms. The molecule has 3 aliphatic heterocycles. The molecule has 2 aromatic carbocycles. The lowest BCUT2D eigenvalue weighted by molar-refractivity contribution is -0.145. The number of benzene rings is 2. The molecule has 5 rings (SSSR count). The number of halogens is 1. The SMILES string of the molecule is C[C@@H](NC(=O)c1c(F)ccc2c1[C@@H]1C[C@H]3NCCC[C@H]3C(=O)N1CC2)c1ccccc1. The molecule has 2 amide bonds. The Balaban J connectivity index is 1.49. The molecule has 2 saturated heterocycles. The maximum absolute atomic E-state index is 15.1. The molecule has 2 N–H and O–H groups in total. The second-order valence-corrected chi connectivity index (χ2v) is 8.94. The molecule has 0 saturated carbocycles.